The van der Waals surface area contributed by atoms with Crippen LogP contribution in [0.3, 0.4) is 0 Å². The summed E-state index contributed by atoms with van der Waals surface area (Å²) in [5.74, 6) is 0. The Morgan fingerprint density at radius 3 is 2.12 bits per heavy atom. The minimum absolute atomic E-state index is 0.792. The molecule has 0 saturated carbocycles. The number of quaternary nitrogens is 1. The molecular formula is C6H13ClN+. The molecular weight excluding hydrogens is 122 g/mol. The highest BCUT2D eigenvalue weighted by molar-refractivity contribution is 6.16. The van der Waals surface area contributed by atoms with Gasteiger partial charge in [0.25, 0.3) is 0 Å². The van der Waals surface area contributed by atoms with Crippen molar-refractivity contribution in [2.45, 2.75) is 12.8 Å². The van der Waals surface area contributed by atoms with Crippen LogP contribution in [0.5, 0.6) is 0 Å². The molecule has 1 aliphatic rings. The van der Waals surface area contributed by atoms with Gasteiger partial charge in [0, 0.05) is 12.8 Å². The van der Waals surface area contributed by atoms with Crippen LogP contribution in [0, 0.1) is 0 Å². The fourth-order valence-electron chi connectivity index (χ4n) is 1.22. The summed E-state index contributed by atoms with van der Waals surface area (Å²) >= 11 is 5.72. The molecule has 1 fully saturated rings. The van der Waals surface area contributed by atoms with E-state index in [1.165, 1.54) is 25.9 Å². The number of hydrogen-bond acceptors (Lipinski definition) is 0. The van der Waals surface area contributed by atoms with Gasteiger partial charge in [-0.25, -0.2) is 0 Å². The van der Waals surface area contributed by atoms with E-state index in [9.17, 15) is 0 Å². The standard InChI is InChI=1S/C6H13ClN/c1-8(6-7)4-2-3-5-8/h2-6H2,1H3/q+1. The molecule has 2 heteroatoms. The summed E-state index contributed by atoms with van der Waals surface area (Å²) < 4.78 is 1.08. The topological polar surface area (TPSA) is 0 Å². The van der Waals surface area contributed by atoms with Crippen LogP contribution in [0.1, 0.15) is 12.8 Å². The largest absolute Gasteiger partial charge is 0.313 e. The molecule has 1 nitrogen and oxygen atoms in total. The van der Waals surface area contributed by atoms with E-state index in [1.54, 1.807) is 0 Å². The van der Waals surface area contributed by atoms with Crippen molar-refractivity contribution in [1.29, 1.82) is 0 Å². The van der Waals surface area contributed by atoms with Crippen molar-refractivity contribution in [2.75, 3.05) is 26.1 Å². The number of hydrogen-bond donors (Lipinski definition) is 0. The Balaban J connectivity index is 2.40. The molecule has 0 bridgehead atoms. The van der Waals surface area contributed by atoms with Gasteiger partial charge in [-0.3, -0.25) is 0 Å². The summed E-state index contributed by atoms with van der Waals surface area (Å²) in [4.78, 5) is 0. The van der Waals surface area contributed by atoms with Crippen LogP contribution in [0.25, 0.3) is 0 Å². The molecule has 1 aliphatic heterocycles. The first-order valence-corrected chi connectivity index (χ1v) is 3.70. The number of halogens is 1. The Kier molecular flexibility index (Phi) is 1.78. The molecule has 0 radical (unpaired) electrons. The van der Waals surface area contributed by atoms with Crippen molar-refractivity contribution >= 4 is 11.6 Å². The molecule has 48 valence electrons. The van der Waals surface area contributed by atoms with E-state index in [2.05, 4.69) is 7.05 Å². The van der Waals surface area contributed by atoms with Crippen LogP contribution in [-0.4, -0.2) is 30.6 Å². The Labute approximate surface area is 55.8 Å². The first kappa shape index (κ1) is 6.37. The smallest absolute Gasteiger partial charge is 0.154 e. The van der Waals surface area contributed by atoms with Crippen LogP contribution >= 0.6 is 11.6 Å². The normalized spacial score (nSPS) is 26.2. The predicted octanol–water partition coefficient (Wildman–Crippen LogP) is 1.42. The predicted molar refractivity (Wildman–Crippen MR) is 35.9 cm³/mol. The molecule has 0 aromatic heterocycles. The highest BCUT2D eigenvalue weighted by Gasteiger charge is 2.24. The van der Waals surface area contributed by atoms with Gasteiger partial charge in [0.05, 0.1) is 20.1 Å². The minimum atomic E-state index is 0.792. The van der Waals surface area contributed by atoms with Crippen LogP contribution in [0.15, 0.2) is 0 Å². The second-order valence-corrected chi connectivity index (χ2v) is 3.13. The Morgan fingerprint density at radius 2 is 1.88 bits per heavy atom. The molecule has 0 aromatic carbocycles. The Bertz CT molecular complexity index is 76.6. The molecule has 0 N–H and O–H groups in total. The van der Waals surface area contributed by atoms with Crippen molar-refractivity contribution in [3.05, 3.63) is 0 Å². The van der Waals surface area contributed by atoms with E-state index < -0.39 is 0 Å². The molecule has 8 heavy (non-hydrogen) atoms. The Hall–Kier alpha value is 0.250. The van der Waals surface area contributed by atoms with E-state index in [4.69, 9.17) is 11.6 Å². The summed E-state index contributed by atoms with van der Waals surface area (Å²) in [7, 11) is 2.22. The highest BCUT2D eigenvalue weighted by Crippen LogP contribution is 2.16. The van der Waals surface area contributed by atoms with Gasteiger partial charge in [-0.15, -0.1) is 0 Å². The third kappa shape index (κ3) is 1.15. The summed E-state index contributed by atoms with van der Waals surface area (Å²) in [6.07, 6.45) is 2.73. The van der Waals surface area contributed by atoms with Crippen LogP contribution < -0.4 is 0 Å². The highest BCUT2D eigenvalue weighted by atomic mass is 35.5. The zero-order chi connectivity index (χ0) is 6.04. The molecule has 0 spiro atoms. The lowest BCUT2D eigenvalue weighted by Crippen LogP contribution is -2.39. The summed E-state index contributed by atoms with van der Waals surface area (Å²) in [6.45, 7) is 2.56. The minimum Gasteiger partial charge on any atom is -0.313 e. The lowest BCUT2D eigenvalue weighted by Gasteiger charge is -2.25. The van der Waals surface area contributed by atoms with Gasteiger partial charge >= 0.3 is 0 Å². The zero-order valence-corrected chi connectivity index (χ0v) is 6.12. The molecule has 1 heterocycles. The molecule has 1 saturated heterocycles. The summed E-state index contributed by atoms with van der Waals surface area (Å²) in [6, 6.07) is 0.792. The molecule has 0 aliphatic carbocycles. The van der Waals surface area contributed by atoms with E-state index in [0.29, 0.717) is 0 Å². The summed E-state index contributed by atoms with van der Waals surface area (Å²) in [5.41, 5.74) is 0. The lowest BCUT2D eigenvalue weighted by atomic mass is 10.4. The van der Waals surface area contributed by atoms with Crippen molar-refractivity contribution in [3.63, 3.8) is 0 Å². The first-order chi connectivity index (χ1) is 3.77. The van der Waals surface area contributed by atoms with Gasteiger partial charge in [0.2, 0.25) is 0 Å². The number of likely N-dealkylation sites (tertiary alicyclic amines) is 1. The van der Waals surface area contributed by atoms with Gasteiger partial charge in [-0.1, -0.05) is 11.6 Å². The van der Waals surface area contributed by atoms with Gasteiger partial charge in [-0.05, 0) is 0 Å². The average Bonchev–Trinajstić information content (AvgIpc) is 2.17. The fourth-order valence-corrected chi connectivity index (χ4v) is 1.46. The molecule has 1 rings (SSSR count). The average molecular weight is 135 g/mol. The van der Waals surface area contributed by atoms with E-state index in [1.807, 2.05) is 0 Å². The maximum Gasteiger partial charge on any atom is 0.154 e. The van der Waals surface area contributed by atoms with Crippen LogP contribution in [0.4, 0.5) is 0 Å². The molecule has 0 amide bonds. The van der Waals surface area contributed by atoms with Crippen molar-refractivity contribution in [3.8, 4) is 0 Å². The molecule has 0 aromatic rings. The van der Waals surface area contributed by atoms with Crippen molar-refractivity contribution in [1.82, 2.24) is 0 Å². The summed E-state index contributed by atoms with van der Waals surface area (Å²) in [5, 5.41) is 0. The second-order valence-electron chi connectivity index (χ2n) is 2.89. The van der Waals surface area contributed by atoms with Crippen LogP contribution in [0.2, 0.25) is 0 Å². The van der Waals surface area contributed by atoms with E-state index in [-0.39, 0.29) is 0 Å². The molecule has 0 unspecified atom stereocenters. The van der Waals surface area contributed by atoms with Crippen LogP contribution in [-0.2, 0) is 0 Å². The zero-order valence-electron chi connectivity index (χ0n) is 5.36. The Morgan fingerprint density at radius 1 is 1.38 bits per heavy atom. The maximum atomic E-state index is 5.72. The number of alkyl halides is 1. The maximum absolute atomic E-state index is 5.72. The van der Waals surface area contributed by atoms with Gasteiger partial charge in [0.1, 0.15) is 0 Å². The number of rotatable bonds is 1. The lowest BCUT2D eigenvalue weighted by molar-refractivity contribution is -0.886. The van der Waals surface area contributed by atoms with Gasteiger partial charge < -0.3 is 4.48 Å². The van der Waals surface area contributed by atoms with E-state index in [0.717, 1.165) is 10.5 Å². The second kappa shape index (κ2) is 2.24. The third-order valence-corrected chi connectivity index (χ3v) is 2.51. The monoisotopic (exact) mass is 134 g/mol. The quantitative estimate of drug-likeness (QED) is 0.289. The van der Waals surface area contributed by atoms with Crippen molar-refractivity contribution < 1.29 is 4.48 Å². The first-order valence-electron chi connectivity index (χ1n) is 3.16. The number of nitrogens with zero attached hydrogens (tertiary/aromatic N) is 1. The van der Waals surface area contributed by atoms with Gasteiger partial charge in [0.15, 0.2) is 6.00 Å². The van der Waals surface area contributed by atoms with Crippen molar-refractivity contribution in [2.24, 2.45) is 0 Å². The van der Waals surface area contributed by atoms with E-state index >= 15 is 0 Å². The third-order valence-electron chi connectivity index (χ3n) is 1.93. The van der Waals surface area contributed by atoms with Gasteiger partial charge in [-0.2, -0.15) is 0 Å². The fraction of sp³-hybridized carbons (Fsp3) is 1.00. The SMILES string of the molecule is C[N+]1(CCl)CCCC1. The molecule has 0 atom stereocenters.